The number of hydrogen-bond acceptors (Lipinski definition) is 3. The Balaban J connectivity index is 2.78. The van der Waals surface area contributed by atoms with E-state index in [4.69, 9.17) is 9.47 Å². The summed E-state index contributed by atoms with van der Waals surface area (Å²) in [4.78, 5) is 4.65. The third-order valence-electron chi connectivity index (χ3n) is 3.41. The summed E-state index contributed by atoms with van der Waals surface area (Å²) in [6.45, 7) is 8.96. The summed E-state index contributed by atoms with van der Waals surface area (Å²) in [5.41, 5.74) is 3.22. The van der Waals surface area contributed by atoms with Crippen molar-refractivity contribution in [2.75, 3.05) is 13.7 Å². The third kappa shape index (κ3) is 2.60. The highest BCUT2D eigenvalue weighted by atomic mass is 16.5. The molecule has 0 spiro atoms. The van der Waals surface area contributed by atoms with E-state index in [0.717, 1.165) is 22.1 Å². The Labute approximate surface area is 121 Å². The molecule has 0 bridgehead atoms. The fraction of sp³-hybridized carbons (Fsp3) is 0.438. The van der Waals surface area contributed by atoms with Crippen molar-refractivity contribution in [1.82, 2.24) is 4.98 Å². The van der Waals surface area contributed by atoms with Gasteiger partial charge in [-0.05, 0) is 36.0 Å². The van der Waals surface area contributed by atoms with Crippen molar-refractivity contribution in [2.45, 2.75) is 33.5 Å². The zero-order valence-electron chi connectivity index (χ0n) is 12.9. The zero-order chi connectivity index (χ0) is 14.7. The summed E-state index contributed by atoms with van der Waals surface area (Å²) in [5, 5.41) is 1.16. The molecule has 4 heteroatoms. The van der Waals surface area contributed by atoms with Gasteiger partial charge in [-0.25, -0.2) is 4.98 Å². The van der Waals surface area contributed by atoms with Gasteiger partial charge >= 0.3 is 0 Å². The largest absolute Gasteiger partial charge is 0.497 e. The molecule has 0 aliphatic heterocycles. The van der Waals surface area contributed by atoms with Crippen molar-refractivity contribution >= 4 is 23.6 Å². The van der Waals surface area contributed by atoms with Gasteiger partial charge in [0.2, 0.25) is 5.88 Å². The van der Waals surface area contributed by atoms with Gasteiger partial charge < -0.3 is 9.47 Å². The minimum absolute atomic E-state index is 0.415. The van der Waals surface area contributed by atoms with E-state index in [1.165, 1.54) is 5.56 Å². The molecule has 2 aromatic rings. The summed E-state index contributed by atoms with van der Waals surface area (Å²) in [5.74, 6) is 1.94. The normalized spacial score (nSPS) is 10.9. The van der Waals surface area contributed by atoms with Crippen LogP contribution in [0.4, 0.5) is 0 Å². The number of fused-ring (bicyclic) bond motifs is 1. The van der Waals surface area contributed by atoms with Crippen molar-refractivity contribution in [3.8, 4) is 11.6 Å². The van der Waals surface area contributed by atoms with E-state index < -0.39 is 0 Å². The molecule has 20 heavy (non-hydrogen) atoms. The SMILES string of the molecule is C[B]c1c(OC)ccc2c(C(C)C)cc(OCC)nc12. The van der Waals surface area contributed by atoms with Gasteiger partial charge in [-0.3, -0.25) is 0 Å². The van der Waals surface area contributed by atoms with Crippen LogP contribution in [0.15, 0.2) is 18.2 Å². The fourth-order valence-corrected chi connectivity index (χ4v) is 2.45. The average Bonchev–Trinajstić information content (AvgIpc) is 2.45. The van der Waals surface area contributed by atoms with E-state index in [2.05, 4.69) is 24.9 Å². The summed E-state index contributed by atoms with van der Waals surface area (Å²) in [6, 6.07) is 6.13. The minimum atomic E-state index is 0.415. The highest BCUT2D eigenvalue weighted by molar-refractivity contribution is 6.56. The third-order valence-corrected chi connectivity index (χ3v) is 3.41. The van der Waals surface area contributed by atoms with Gasteiger partial charge in [-0.2, -0.15) is 0 Å². The Morgan fingerprint density at radius 2 is 2.05 bits per heavy atom. The Bertz CT molecular complexity index is 611. The lowest BCUT2D eigenvalue weighted by Gasteiger charge is -2.16. The maximum atomic E-state index is 5.61. The summed E-state index contributed by atoms with van der Waals surface area (Å²) in [6.07, 6.45) is 0. The lowest BCUT2D eigenvalue weighted by Crippen LogP contribution is -2.17. The molecule has 0 unspecified atom stereocenters. The lowest BCUT2D eigenvalue weighted by molar-refractivity contribution is 0.327. The van der Waals surface area contributed by atoms with Crippen molar-refractivity contribution < 1.29 is 9.47 Å². The first-order chi connectivity index (χ1) is 9.62. The molecule has 1 radical (unpaired) electrons. The maximum Gasteiger partial charge on any atom is 0.214 e. The number of rotatable bonds is 5. The van der Waals surface area contributed by atoms with Crippen LogP contribution in [0.1, 0.15) is 32.3 Å². The lowest BCUT2D eigenvalue weighted by atomic mass is 9.71. The number of nitrogens with zero attached hydrogens (tertiary/aromatic N) is 1. The van der Waals surface area contributed by atoms with E-state index in [0.29, 0.717) is 18.4 Å². The summed E-state index contributed by atoms with van der Waals surface area (Å²) in [7, 11) is 3.72. The molecule has 2 rings (SSSR count). The van der Waals surface area contributed by atoms with E-state index >= 15 is 0 Å². The fourth-order valence-electron chi connectivity index (χ4n) is 2.45. The molecule has 0 amide bonds. The van der Waals surface area contributed by atoms with E-state index in [1.54, 1.807) is 7.11 Å². The smallest absolute Gasteiger partial charge is 0.214 e. The second-order valence-corrected chi connectivity index (χ2v) is 5.00. The van der Waals surface area contributed by atoms with E-state index in [-0.39, 0.29) is 0 Å². The first kappa shape index (κ1) is 14.7. The van der Waals surface area contributed by atoms with Crippen LogP contribution in [0.25, 0.3) is 10.9 Å². The zero-order valence-corrected chi connectivity index (χ0v) is 12.9. The Hall–Kier alpha value is -1.71. The van der Waals surface area contributed by atoms with Crippen LogP contribution in [-0.4, -0.2) is 26.0 Å². The predicted molar refractivity (Wildman–Crippen MR) is 84.8 cm³/mol. The maximum absolute atomic E-state index is 5.61. The van der Waals surface area contributed by atoms with E-state index in [1.807, 2.05) is 33.2 Å². The Morgan fingerprint density at radius 1 is 1.30 bits per heavy atom. The van der Waals surface area contributed by atoms with Crippen molar-refractivity contribution in [3.63, 3.8) is 0 Å². The molecule has 1 aromatic heterocycles. The number of aromatic nitrogens is 1. The standard InChI is InChI=1S/C16H21BNO2/c1-6-20-14-9-12(10(2)3)11-7-8-13(19-5)15(17-4)16(11)18-14/h7-10H,6H2,1-5H3. The van der Waals surface area contributed by atoms with Gasteiger partial charge in [-0.1, -0.05) is 20.7 Å². The summed E-state index contributed by atoms with van der Waals surface area (Å²) < 4.78 is 11.0. The van der Waals surface area contributed by atoms with Gasteiger partial charge in [-0.15, -0.1) is 0 Å². The van der Waals surface area contributed by atoms with Gasteiger partial charge in [0, 0.05) is 11.5 Å². The van der Waals surface area contributed by atoms with Gasteiger partial charge in [0.25, 0.3) is 0 Å². The molecule has 0 N–H and O–H groups in total. The van der Waals surface area contributed by atoms with Gasteiger partial charge in [0.1, 0.15) is 5.75 Å². The molecule has 0 saturated heterocycles. The number of methoxy groups -OCH3 is 1. The molecule has 0 fully saturated rings. The Morgan fingerprint density at radius 3 is 2.60 bits per heavy atom. The molecule has 0 aliphatic carbocycles. The van der Waals surface area contributed by atoms with Gasteiger partial charge in [0.15, 0.2) is 7.28 Å². The minimum Gasteiger partial charge on any atom is -0.497 e. The second-order valence-electron chi connectivity index (χ2n) is 5.00. The molecule has 0 atom stereocenters. The van der Waals surface area contributed by atoms with Crippen LogP contribution in [-0.2, 0) is 0 Å². The highest BCUT2D eigenvalue weighted by Crippen LogP contribution is 2.29. The number of benzene rings is 1. The van der Waals surface area contributed by atoms with Crippen LogP contribution in [0, 0.1) is 0 Å². The van der Waals surface area contributed by atoms with Crippen molar-refractivity contribution in [3.05, 3.63) is 23.8 Å². The van der Waals surface area contributed by atoms with Crippen LogP contribution in [0.2, 0.25) is 6.82 Å². The molecule has 0 aliphatic rings. The Kier molecular flexibility index (Phi) is 4.53. The van der Waals surface area contributed by atoms with Crippen LogP contribution in [0.3, 0.4) is 0 Å². The second kappa shape index (κ2) is 6.16. The molecule has 105 valence electrons. The van der Waals surface area contributed by atoms with Crippen LogP contribution in [0.5, 0.6) is 11.6 Å². The molecular formula is C16H21BNO2. The monoisotopic (exact) mass is 270 g/mol. The molecule has 0 saturated carbocycles. The van der Waals surface area contributed by atoms with E-state index in [9.17, 15) is 0 Å². The first-order valence-electron chi connectivity index (χ1n) is 7.06. The number of hydrogen-bond donors (Lipinski definition) is 0. The van der Waals surface area contributed by atoms with Crippen molar-refractivity contribution in [1.29, 1.82) is 0 Å². The average molecular weight is 270 g/mol. The first-order valence-corrected chi connectivity index (χ1v) is 7.06. The van der Waals surface area contributed by atoms with Crippen molar-refractivity contribution in [2.24, 2.45) is 0 Å². The molecular weight excluding hydrogens is 249 g/mol. The summed E-state index contributed by atoms with van der Waals surface area (Å²) >= 11 is 0. The molecule has 1 aromatic carbocycles. The number of ether oxygens (including phenoxy) is 2. The van der Waals surface area contributed by atoms with Crippen LogP contribution >= 0.6 is 0 Å². The quantitative estimate of drug-likeness (QED) is 0.782. The van der Waals surface area contributed by atoms with Crippen LogP contribution < -0.4 is 14.9 Å². The molecule has 1 heterocycles. The highest BCUT2D eigenvalue weighted by Gasteiger charge is 2.15. The topological polar surface area (TPSA) is 31.4 Å². The number of pyridine rings is 1. The molecule has 3 nitrogen and oxygen atoms in total. The predicted octanol–water partition coefficient (Wildman–Crippen LogP) is 3.14. The van der Waals surface area contributed by atoms with Gasteiger partial charge in [0.05, 0.1) is 19.2 Å².